The number of hydrogen-bond donors (Lipinski definition) is 1. The maximum atomic E-state index is 12.2. The fourth-order valence-corrected chi connectivity index (χ4v) is 2.41. The van der Waals surface area contributed by atoms with Gasteiger partial charge in [-0.1, -0.05) is 12.1 Å². The lowest BCUT2D eigenvalue weighted by atomic mass is 9.93. The Hall–Kier alpha value is -1.89. The molecule has 1 atom stereocenters. The van der Waals surface area contributed by atoms with Crippen LogP contribution in [-0.4, -0.2) is 42.5 Å². The van der Waals surface area contributed by atoms with Crippen molar-refractivity contribution in [2.24, 2.45) is 0 Å². The second kappa shape index (κ2) is 8.99. The minimum absolute atomic E-state index is 0.266. The summed E-state index contributed by atoms with van der Waals surface area (Å²) in [6, 6.07) is 7.37. The predicted octanol–water partition coefficient (Wildman–Crippen LogP) is 3.38. The highest BCUT2D eigenvalue weighted by Crippen LogP contribution is 2.20. The Morgan fingerprint density at radius 3 is 2.20 bits per heavy atom. The van der Waals surface area contributed by atoms with Gasteiger partial charge in [-0.25, -0.2) is 9.59 Å². The van der Waals surface area contributed by atoms with Gasteiger partial charge in [0.1, 0.15) is 22.8 Å². The monoisotopic (exact) mass is 369 g/mol. The van der Waals surface area contributed by atoms with E-state index in [4.69, 9.17) is 14.2 Å². The van der Waals surface area contributed by atoms with Crippen LogP contribution in [0.5, 0.6) is 5.75 Å². The molecule has 0 saturated carbocycles. The van der Waals surface area contributed by atoms with E-state index >= 15 is 0 Å². The van der Waals surface area contributed by atoms with Crippen molar-refractivity contribution < 1.29 is 23.8 Å². The number of alkyl carbamates (subject to hydrolysis) is 1. The van der Waals surface area contributed by atoms with Crippen molar-refractivity contribution in [3.05, 3.63) is 29.8 Å². The number of carbonyl (C=O) groups excluding carboxylic acids is 2. The zero-order chi connectivity index (χ0) is 19.1. The van der Waals surface area contributed by atoms with Crippen LogP contribution in [-0.2, 0) is 20.7 Å². The number of methoxy groups -OCH3 is 1. The van der Waals surface area contributed by atoms with Gasteiger partial charge in [-0.15, -0.1) is 11.8 Å². The van der Waals surface area contributed by atoms with Gasteiger partial charge in [-0.2, -0.15) is 0 Å². The van der Waals surface area contributed by atoms with Crippen molar-refractivity contribution in [2.45, 2.75) is 45.3 Å². The molecule has 0 heterocycles. The van der Waals surface area contributed by atoms with E-state index in [1.54, 1.807) is 39.5 Å². The minimum Gasteiger partial charge on any atom is -0.483 e. The van der Waals surface area contributed by atoms with Gasteiger partial charge in [-0.3, -0.25) is 0 Å². The van der Waals surface area contributed by atoms with Crippen molar-refractivity contribution in [3.63, 3.8) is 0 Å². The maximum absolute atomic E-state index is 12.2. The van der Waals surface area contributed by atoms with Crippen LogP contribution in [0.2, 0.25) is 0 Å². The van der Waals surface area contributed by atoms with Gasteiger partial charge in [0.05, 0.1) is 7.11 Å². The molecule has 140 valence electrons. The fourth-order valence-electron chi connectivity index (χ4n) is 2.16. The van der Waals surface area contributed by atoms with Crippen molar-refractivity contribution in [1.29, 1.82) is 0 Å². The van der Waals surface area contributed by atoms with E-state index in [0.29, 0.717) is 5.94 Å². The van der Waals surface area contributed by atoms with Crippen LogP contribution in [0.25, 0.3) is 0 Å². The third-order valence-electron chi connectivity index (χ3n) is 3.24. The van der Waals surface area contributed by atoms with Crippen LogP contribution < -0.4 is 10.1 Å². The van der Waals surface area contributed by atoms with E-state index in [1.807, 2.05) is 30.5 Å². The lowest BCUT2D eigenvalue weighted by Crippen LogP contribution is -2.55. The zero-order valence-electron chi connectivity index (χ0n) is 15.7. The molecule has 0 fully saturated rings. The predicted molar refractivity (Wildman–Crippen MR) is 98.9 cm³/mol. The molecule has 1 N–H and O–H groups in total. The first-order chi connectivity index (χ1) is 11.6. The Morgan fingerprint density at radius 1 is 1.12 bits per heavy atom. The molecule has 0 bridgehead atoms. The summed E-state index contributed by atoms with van der Waals surface area (Å²) in [4.78, 5) is 24.3. The number of nitrogens with one attached hydrogen (secondary N) is 1. The number of amides is 1. The number of ether oxygens (including phenoxy) is 3. The lowest BCUT2D eigenvalue weighted by molar-refractivity contribution is -0.147. The molecule has 1 aromatic carbocycles. The van der Waals surface area contributed by atoms with Crippen LogP contribution >= 0.6 is 11.8 Å². The average molecular weight is 369 g/mol. The normalized spacial score (nSPS) is 13.5. The van der Waals surface area contributed by atoms with Crippen molar-refractivity contribution in [3.8, 4) is 5.75 Å². The van der Waals surface area contributed by atoms with Gasteiger partial charge in [0, 0.05) is 6.42 Å². The molecule has 25 heavy (non-hydrogen) atoms. The van der Waals surface area contributed by atoms with E-state index < -0.39 is 23.2 Å². The Bertz CT molecular complexity index is 582. The number of rotatable bonds is 7. The molecule has 6 nitrogen and oxygen atoms in total. The first kappa shape index (κ1) is 21.2. The van der Waals surface area contributed by atoms with E-state index in [9.17, 15) is 9.59 Å². The Morgan fingerprint density at radius 2 is 1.72 bits per heavy atom. The number of thioether (sulfide) groups is 1. The molecule has 0 spiro atoms. The molecular weight excluding hydrogens is 342 g/mol. The second-order valence-corrected chi connectivity index (χ2v) is 7.64. The highest BCUT2D eigenvalue weighted by Gasteiger charge is 2.37. The molecule has 0 aliphatic carbocycles. The Kier molecular flexibility index (Phi) is 7.60. The second-order valence-electron chi connectivity index (χ2n) is 6.82. The molecule has 0 aliphatic rings. The summed E-state index contributed by atoms with van der Waals surface area (Å²) in [6.45, 7) is 6.89. The quantitative estimate of drug-likeness (QED) is 0.587. The van der Waals surface area contributed by atoms with Crippen LogP contribution in [0.15, 0.2) is 24.3 Å². The summed E-state index contributed by atoms with van der Waals surface area (Å²) in [6.07, 6.45) is 1.56. The molecule has 0 aliphatic heterocycles. The number of benzene rings is 1. The maximum Gasteiger partial charge on any atom is 0.408 e. The molecule has 0 radical (unpaired) electrons. The summed E-state index contributed by atoms with van der Waals surface area (Å²) in [5.74, 6) is 0.776. The number of esters is 1. The highest BCUT2D eigenvalue weighted by atomic mass is 32.2. The van der Waals surface area contributed by atoms with Gasteiger partial charge in [0.2, 0.25) is 0 Å². The molecule has 7 heteroatoms. The average Bonchev–Trinajstić information content (AvgIpc) is 2.51. The number of carbonyl (C=O) groups is 2. The van der Waals surface area contributed by atoms with E-state index in [1.165, 1.54) is 7.11 Å². The zero-order valence-corrected chi connectivity index (χ0v) is 16.5. The van der Waals surface area contributed by atoms with Gasteiger partial charge >= 0.3 is 12.1 Å². The minimum atomic E-state index is -1.24. The van der Waals surface area contributed by atoms with Gasteiger partial charge < -0.3 is 19.5 Å². The first-order valence-corrected chi connectivity index (χ1v) is 9.29. The summed E-state index contributed by atoms with van der Waals surface area (Å²) in [5, 5.41) is 2.63. The SMILES string of the molecule is COC(=O)C(C)(Cc1ccc(OCSC)cc1)NC(=O)OC(C)(C)C. The summed E-state index contributed by atoms with van der Waals surface area (Å²) < 4.78 is 15.6. The van der Waals surface area contributed by atoms with Crippen LogP contribution in [0.4, 0.5) is 4.79 Å². The first-order valence-electron chi connectivity index (χ1n) is 7.90. The largest absolute Gasteiger partial charge is 0.483 e. The Labute approximate surface area is 153 Å². The van der Waals surface area contributed by atoms with Gasteiger partial charge in [0.15, 0.2) is 0 Å². The van der Waals surface area contributed by atoms with E-state index in [0.717, 1.165) is 11.3 Å². The van der Waals surface area contributed by atoms with Crippen LogP contribution in [0.3, 0.4) is 0 Å². The molecule has 1 rings (SSSR count). The molecular formula is C18H27NO5S. The standard InChI is InChI=1S/C18H27NO5S/c1-17(2,3)24-16(21)19-18(4,15(20)22-5)11-13-7-9-14(10-8-13)23-12-25-6/h7-10H,11-12H2,1-6H3,(H,19,21). The van der Waals surface area contributed by atoms with Crippen molar-refractivity contribution in [1.82, 2.24) is 5.32 Å². The third-order valence-corrected chi connectivity index (χ3v) is 3.59. The summed E-state index contributed by atoms with van der Waals surface area (Å²) in [5.41, 5.74) is -1.03. The smallest absolute Gasteiger partial charge is 0.408 e. The van der Waals surface area contributed by atoms with Crippen molar-refractivity contribution in [2.75, 3.05) is 19.3 Å². The summed E-state index contributed by atoms with van der Waals surface area (Å²) >= 11 is 1.58. The lowest BCUT2D eigenvalue weighted by Gasteiger charge is -2.29. The van der Waals surface area contributed by atoms with Crippen LogP contribution in [0.1, 0.15) is 33.3 Å². The van der Waals surface area contributed by atoms with Crippen molar-refractivity contribution >= 4 is 23.8 Å². The molecule has 1 amide bonds. The van der Waals surface area contributed by atoms with E-state index in [-0.39, 0.29) is 6.42 Å². The summed E-state index contributed by atoms with van der Waals surface area (Å²) in [7, 11) is 1.29. The van der Waals surface area contributed by atoms with E-state index in [2.05, 4.69) is 5.32 Å². The number of hydrogen-bond acceptors (Lipinski definition) is 6. The van der Waals surface area contributed by atoms with Crippen LogP contribution in [0, 0.1) is 0 Å². The molecule has 1 unspecified atom stereocenters. The van der Waals surface area contributed by atoms with Gasteiger partial charge in [0.25, 0.3) is 0 Å². The Balaban J connectivity index is 2.87. The topological polar surface area (TPSA) is 73.9 Å². The van der Waals surface area contributed by atoms with Gasteiger partial charge in [-0.05, 0) is 51.6 Å². The molecule has 1 aromatic rings. The highest BCUT2D eigenvalue weighted by molar-refractivity contribution is 7.98. The molecule has 0 saturated heterocycles. The molecule has 0 aromatic heterocycles. The fraction of sp³-hybridized carbons (Fsp3) is 0.556. The third kappa shape index (κ3) is 7.25.